The minimum Gasteiger partial charge on any atom is -0.245 e. The Balaban J connectivity index is 1.49. The largest absolute Gasteiger partial charge is 0.271 e. The van der Waals surface area contributed by atoms with Gasteiger partial charge in [-0.3, -0.25) is 0 Å². The quantitative estimate of drug-likeness (QED) is 0.0872. The molecule has 0 fully saturated rings. The van der Waals surface area contributed by atoms with Crippen LogP contribution in [0.5, 0.6) is 0 Å². The van der Waals surface area contributed by atoms with E-state index in [9.17, 15) is 28.1 Å². The summed E-state index contributed by atoms with van der Waals surface area (Å²) in [5.41, 5.74) is 3.32. The first kappa shape index (κ1) is 27.8. The molecule has 0 bridgehead atoms. The number of allylic oxidation sites excluding steroid dienone is 2. The second-order valence-corrected chi connectivity index (χ2v) is 10.0. The highest BCUT2D eigenvalue weighted by molar-refractivity contribution is 6.07. The molecular weight excluding hydrogens is 596 g/mol. The summed E-state index contributed by atoms with van der Waals surface area (Å²) >= 11 is 0. The van der Waals surface area contributed by atoms with Gasteiger partial charge in [-0.05, 0) is 45.5 Å². The van der Waals surface area contributed by atoms with Gasteiger partial charge in [-0.15, -0.1) is 0 Å². The Labute approximate surface area is 257 Å². The van der Waals surface area contributed by atoms with Crippen molar-refractivity contribution in [1.82, 2.24) is 19.9 Å². The van der Waals surface area contributed by atoms with Gasteiger partial charge in [0.15, 0.2) is 0 Å². The molecule has 2 aromatic carbocycles. The highest BCUT2D eigenvalue weighted by atomic mass is 19.1. The molecule has 2 aliphatic carbocycles. The van der Waals surface area contributed by atoms with E-state index in [1.165, 1.54) is 0 Å². The predicted molar refractivity (Wildman–Crippen MR) is 156 cm³/mol. The van der Waals surface area contributed by atoms with Crippen LogP contribution in [0.4, 0.5) is 17.6 Å². The summed E-state index contributed by atoms with van der Waals surface area (Å²) in [6.45, 7) is 15.4. The minimum absolute atomic E-state index is 0.152. The number of hydrogen-bond acceptors (Lipinski definition) is 6. The van der Waals surface area contributed by atoms with E-state index in [2.05, 4.69) is 19.7 Å². The third-order valence-electron chi connectivity index (χ3n) is 7.56. The Kier molecular flexibility index (Phi) is 6.23. The highest BCUT2D eigenvalue weighted by Gasteiger charge is 2.36. The van der Waals surface area contributed by atoms with Gasteiger partial charge in [0.25, 0.3) is 11.4 Å². The minimum atomic E-state index is -1.03. The van der Waals surface area contributed by atoms with Crippen LogP contribution < -0.4 is 0 Å². The van der Waals surface area contributed by atoms with Gasteiger partial charge in [-0.1, -0.05) is 24.3 Å². The van der Waals surface area contributed by atoms with Gasteiger partial charge < -0.3 is 0 Å². The summed E-state index contributed by atoms with van der Waals surface area (Å²) in [5.74, 6) is -4.11. The van der Waals surface area contributed by atoms with Crippen LogP contribution in [-0.2, 0) is 0 Å². The first-order valence-corrected chi connectivity index (χ1v) is 13.2. The third-order valence-corrected chi connectivity index (χ3v) is 7.56. The first-order chi connectivity index (χ1) is 22.2. The van der Waals surface area contributed by atoms with Crippen LogP contribution in [-0.4, -0.2) is 19.9 Å². The van der Waals surface area contributed by atoms with Gasteiger partial charge >= 0.3 is 0 Å². The van der Waals surface area contributed by atoms with Crippen molar-refractivity contribution in [2.24, 2.45) is 0 Å². The summed E-state index contributed by atoms with van der Waals surface area (Å²) in [4.78, 5) is 22.7. The van der Waals surface area contributed by atoms with Crippen molar-refractivity contribution in [2.45, 2.75) is 0 Å². The molecule has 0 saturated heterocycles. The molecule has 12 heteroatoms. The summed E-state index contributed by atoms with van der Waals surface area (Å²) in [7, 11) is 0. The first-order valence-electron chi connectivity index (χ1n) is 13.2. The Morgan fingerprint density at radius 3 is 1.20 bits per heavy atom. The molecule has 2 aliphatic rings. The Hall–Kier alpha value is -7.02. The number of halogens is 4. The van der Waals surface area contributed by atoms with Crippen LogP contribution in [0, 0.1) is 59.6 Å². The van der Waals surface area contributed by atoms with Crippen LogP contribution in [0.25, 0.3) is 65.6 Å². The smallest absolute Gasteiger partial charge is 0.245 e. The number of aromatic nitrogens is 4. The summed E-state index contributed by atoms with van der Waals surface area (Å²) in [6, 6.07) is 17.5. The van der Waals surface area contributed by atoms with Crippen molar-refractivity contribution in [3.63, 3.8) is 0 Å². The second-order valence-electron chi connectivity index (χ2n) is 10.0. The molecule has 0 N–H and O–H groups in total. The zero-order valence-electron chi connectivity index (χ0n) is 22.9. The lowest BCUT2D eigenvalue weighted by Crippen LogP contribution is -1.98. The molecule has 0 amide bonds. The summed E-state index contributed by atoms with van der Waals surface area (Å²) in [5, 5.41) is 19.8. The van der Waals surface area contributed by atoms with Crippen LogP contribution in [0.3, 0.4) is 0 Å². The van der Waals surface area contributed by atoms with Crippen LogP contribution in [0.1, 0.15) is 22.5 Å². The fraction of sp³-hybridized carbons (Fsp3) is 0. The lowest BCUT2D eigenvalue weighted by molar-refractivity contribution is 0.512. The van der Waals surface area contributed by atoms with Crippen molar-refractivity contribution in [3.8, 4) is 56.9 Å². The van der Waals surface area contributed by atoms with Crippen molar-refractivity contribution in [2.75, 3.05) is 0 Å². The number of rotatable bonds is 2. The molecule has 214 valence electrons. The maximum atomic E-state index is 13.9. The van der Waals surface area contributed by atoms with E-state index in [1.54, 1.807) is 36.4 Å². The third kappa shape index (κ3) is 4.18. The van der Waals surface area contributed by atoms with E-state index >= 15 is 0 Å². The number of benzene rings is 2. The molecule has 7 rings (SSSR count). The van der Waals surface area contributed by atoms with Crippen LogP contribution >= 0.6 is 0 Å². The van der Waals surface area contributed by atoms with Gasteiger partial charge in [0.2, 0.25) is 23.8 Å². The number of nitrogens with zero attached hydrogens (tertiary/aromatic N) is 8. The molecular formula is C34H10F4N8. The van der Waals surface area contributed by atoms with Crippen molar-refractivity contribution in [1.29, 1.82) is 10.5 Å². The molecule has 46 heavy (non-hydrogen) atoms. The molecule has 8 nitrogen and oxygen atoms in total. The highest BCUT2D eigenvalue weighted by Crippen LogP contribution is 2.51. The van der Waals surface area contributed by atoms with Gasteiger partial charge in [-0.25, -0.2) is 30.2 Å². The maximum Gasteiger partial charge on any atom is 0.271 e. The fourth-order valence-corrected chi connectivity index (χ4v) is 5.71. The molecule has 0 atom stereocenters. The second kappa shape index (κ2) is 10.3. The molecule has 3 heterocycles. The van der Waals surface area contributed by atoms with Gasteiger partial charge in [0.1, 0.15) is 0 Å². The Morgan fingerprint density at radius 2 is 0.870 bits per heavy atom. The topological polar surface area (TPSA) is 108 Å². The lowest BCUT2D eigenvalue weighted by Gasteiger charge is -2.08. The maximum absolute atomic E-state index is 13.9. The summed E-state index contributed by atoms with van der Waals surface area (Å²) in [6.07, 6.45) is 0. The molecule has 0 radical (unpaired) electrons. The molecule has 5 aromatic rings. The normalized spacial score (nSPS) is 14.1. The predicted octanol–water partition coefficient (Wildman–Crippen LogP) is 7.52. The molecule has 0 unspecified atom stereocenters. The van der Waals surface area contributed by atoms with Crippen molar-refractivity contribution in [3.05, 3.63) is 141 Å². The Morgan fingerprint density at radius 1 is 0.500 bits per heavy atom. The fourth-order valence-electron chi connectivity index (χ4n) is 5.71. The Bertz CT molecular complexity index is 2230. The molecule has 3 aromatic heterocycles. The van der Waals surface area contributed by atoms with Gasteiger partial charge in [0.05, 0.1) is 48.1 Å². The van der Waals surface area contributed by atoms with E-state index < -0.39 is 23.8 Å². The monoisotopic (exact) mass is 606 g/mol. The van der Waals surface area contributed by atoms with Gasteiger partial charge in [-0.2, -0.15) is 27.5 Å². The molecule has 0 saturated carbocycles. The standard InChI is InChI=1S/C34H10F4N8/c1-41-23(13-39)29-21-7-15(17-9-25(35)43-26(36)10-17)3-5-19(21)31-33(29)45-32-20-6-4-16(18-11-27(37)44-28(38)12-18)8-22(20)30(34(32)46-31)24(14-40)42-2/h3-12H/b29-23-,30-24+. The average molecular weight is 607 g/mol. The van der Waals surface area contributed by atoms with E-state index in [1.807, 2.05) is 12.1 Å². The zero-order valence-corrected chi connectivity index (χ0v) is 22.9. The van der Waals surface area contributed by atoms with Gasteiger partial charge in [0, 0.05) is 46.5 Å². The van der Waals surface area contributed by atoms with E-state index in [0.29, 0.717) is 33.4 Å². The molecule has 0 spiro atoms. The number of fused-ring (bicyclic) bond motifs is 6. The number of hydrogen-bond donors (Lipinski definition) is 0. The SMILES string of the molecule is [C-]#[N+]/C(C#N)=C1/c2cc(-c3cc(F)nc(F)c3)ccc2-c2nc3c(nc21)-c1ccc(-c2cc(F)nc(F)c2)cc1/C3=C(/C#N)[N+]#[C-]. The average Bonchev–Trinajstić information content (AvgIpc) is 3.52. The van der Waals surface area contributed by atoms with Crippen LogP contribution in [0.2, 0.25) is 0 Å². The van der Waals surface area contributed by atoms with Crippen molar-refractivity contribution < 1.29 is 17.6 Å². The molecule has 0 aliphatic heterocycles. The van der Waals surface area contributed by atoms with E-state index in [-0.39, 0.29) is 56.4 Å². The van der Waals surface area contributed by atoms with Crippen LogP contribution in [0.15, 0.2) is 72.1 Å². The number of nitriles is 2. The number of pyridine rings is 2. The zero-order chi connectivity index (χ0) is 32.3. The van der Waals surface area contributed by atoms with E-state index in [4.69, 9.17) is 23.1 Å². The lowest BCUT2D eigenvalue weighted by atomic mass is 9.97. The van der Waals surface area contributed by atoms with E-state index in [0.717, 1.165) is 24.3 Å². The van der Waals surface area contributed by atoms with Crippen molar-refractivity contribution >= 4 is 11.1 Å². The summed E-state index contributed by atoms with van der Waals surface area (Å²) < 4.78 is 55.8.